The first-order chi connectivity index (χ1) is 32.2. The second-order valence-corrected chi connectivity index (χ2v) is 16.8. The van der Waals surface area contributed by atoms with Gasteiger partial charge in [-0.2, -0.15) is 0 Å². The van der Waals surface area contributed by atoms with E-state index in [2.05, 4.69) is 240 Å². The molecule has 2 aromatic heterocycles. The number of furan rings is 1. The summed E-state index contributed by atoms with van der Waals surface area (Å²) >= 11 is 0. The van der Waals surface area contributed by atoms with E-state index in [0.29, 0.717) is 0 Å². The maximum Gasteiger partial charge on any atom is 0.143 e. The average Bonchev–Trinajstić information content (AvgIpc) is 3.93. The zero-order valence-electron chi connectivity index (χ0n) is 35.4. The number of aromatic nitrogens is 1. The summed E-state index contributed by atoms with van der Waals surface area (Å²) in [4.78, 5) is 2.41. The predicted octanol–water partition coefficient (Wildman–Crippen LogP) is 17.5. The van der Waals surface area contributed by atoms with Gasteiger partial charge in [-0.15, -0.1) is 0 Å². The Balaban J connectivity index is 0.941. The number of hydrogen-bond donors (Lipinski definition) is 0. The number of anilines is 3. The molecule has 11 aromatic carbocycles. The number of benzene rings is 11. The SMILES string of the molecule is c1ccc(N(c2ccc(-c3cccc4c3oc3ccccc34)cc2)c2ccc3ccc4ccccc4c3c2)c(-c2ccc(-c3ccccc3-n3c4ccccc4c4ccccc43)cc2)c1. The van der Waals surface area contributed by atoms with Crippen molar-refractivity contribution in [2.24, 2.45) is 0 Å². The quantitative estimate of drug-likeness (QED) is 0.149. The third-order valence-corrected chi connectivity index (χ3v) is 13.2. The number of hydrogen-bond acceptors (Lipinski definition) is 2. The molecule has 0 amide bonds. The van der Waals surface area contributed by atoms with Gasteiger partial charge in [0, 0.05) is 49.6 Å². The molecule has 0 saturated heterocycles. The molecule has 13 aromatic rings. The van der Waals surface area contributed by atoms with Crippen molar-refractivity contribution in [1.82, 2.24) is 4.57 Å². The second kappa shape index (κ2) is 15.0. The van der Waals surface area contributed by atoms with E-state index in [9.17, 15) is 0 Å². The summed E-state index contributed by atoms with van der Waals surface area (Å²) in [7, 11) is 0. The van der Waals surface area contributed by atoms with Crippen molar-refractivity contribution in [1.29, 1.82) is 0 Å². The highest BCUT2D eigenvalue weighted by Crippen LogP contribution is 2.45. The summed E-state index contributed by atoms with van der Waals surface area (Å²) < 4.78 is 8.89. The third-order valence-electron chi connectivity index (χ3n) is 13.2. The molecular weight excluding hydrogens is 789 g/mol. The van der Waals surface area contributed by atoms with Crippen LogP contribution >= 0.6 is 0 Å². The van der Waals surface area contributed by atoms with Crippen LogP contribution in [0.2, 0.25) is 0 Å². The van der Waals surface area contributed by atoms with E-state index in [-0.39, 0.29) is 0 Å². The average molecular weight is 829 g/mol. The smallest absolute Gasteiger partial charge is 0.143 e. The highest BCUT2D eigenvalue weighted by Gasteiger charge is 2.20. The molecule has 0 fully saturated rings. The molecule has 0 radical (unpaired) electrons. The van der Waals surface area contributed by atoms with Crippen LogP contribution in [0, 0.1) is 0 Å². The zero-order valence-corrected chi connectivity index (χ0v) is 35.4. The van der Waals surface area contributed by atoms with E-state index in [1.54, 1.807) is 0 Å². The minimum atomic E-state index is 0.901. The van der Waals surface area contributed by atoms with Gasteiger partial charge in [0.15, 0.2) is 0 Å². The Morgan fingerprint density at radius 3 is 1.60 bits per heavy atom. The van der Waals surface area contributed by atoms with Gasteiger partial charge in [0.05, 0.1) is 22.4 Å². The maximum absolute atomic E-state index is 6.48. The first kappa shape index (κ1) is 36.9. The van der Waals surface area contributed by atoms with Gasteiger partial charge in [0.1, 0.15) is 11.2 Å². The fourth-order valence-electron chi connectivity index (χ4n) is 10.2. The van der Waals surface area contributed by atoms with Gasteiger partial charge in [0.2, 0.25) is 0 Å². The molecule has 0 unspecified atom stereocenters. The van der Waals surface area contributed by atoms with Crippen molar-refractivity contribution < 1.29 is 4.42 Å². The van der Waals surface area contributed by atoms with Crippen molar-refractivity contribution in [3.05, 3.63) is 243 Å². The molecule has 0 N–H and O–H groups in total. The van der Waals surface area contributed by atoms with E-state index in [1.165, 1.54) is 48.9 Å². The predicted molar refractivity (Wildman–Crippen MR) is 274 cm³/mol. The molecule has 13 rings (SSSR count). The fraction of sp³-hybridized carbons (Fsp3) is 0. The number of para-hydroxylation sites is 6. The molecule has 304 valence electrons. The molecule has 0 spiro atoms. The van der Waals surface area contributed by atoms with Gasteiger partial charge in [-0.25, -0.2) is 0 Å². The molecule has 0 aliphatic carbocycles. The normalized spacial score (nSPS) is 11.7. The lowest BCUT2D eigenvalue weighted by Gasteiger charge is -2.28. The Morgan fingerprint density at radius 1 is 0.323 bits per heavy atom. The summed E-state index contributed by atoms with van der Waals surface area (Å²) in [6, 6.07) is 87.7. The van der Waals surface area contributed by atoms with Gasteiger partial charge >= 0.3 is 0 Å². The van der Waals surface area contributed by atoms with Gasteiger partial charge < -0.3 is 13.9 Å². The van der Waals surface area contributed by atoms with Crippen LogP contribution < -0.4 is 4.90 Å². The maximum atomic E-state index is 6.48. The van der Waals surface area contributed by atoms with Gasteiger partial charge in [-0.1, -0.05) is 188 Å². The van der Waals surface area contributed by atoms with Gasteiger partial charge in [-0.05, 0) is 92.8 Å². The molecule has 0 aliphatic rings. The Morgan fingerprint density at radius 2 is 0.831 bits per heavy atom. The van der Waals surface area contributed by atoms with Crippen LogP contribution in [0.4, 0.5) is 17.1 Å². The zero-order chi connectivity index (χ0) is 42.8. The minimum absolute atomic E-state index is 0.901. The van der Waals surface area contributed by atoms with Crippen LogP contribution in [0.5, 0.6) is 0 Å². The number of nitrogens with zero attached hydrogens (tertiary/aromatic N) is 2. The first-order valence-electron chi connectivity index (χ1n) is 22.2. The van der Waals surface area contributed by atoms with Crippen LogP contribution in [0.1, 0.15) is 0 Å². The summed E-state index contributed by atoms with van der Waals surface area (Å²) in [5.41, 5.74) is 15.4. The first-order valence-corrected chi connectivity index (χ1v) is 22.2. The number of fused-ring (bicyclic) bond motifs is 9. The monoisotopic (exact) mass is 828 g/mol. The molecule has 3 heteroatoms. The van der Waals surface area contributed by atoms with E-state index < -0.39 is 0 Å². The largest absolute Gasteiger partial charge is 0.455 e. The Hall–Kier alpha value is -8.66. The Kier molecular flexibility index (Phi) is 8.53. The van der Waals surface area contributed by atoms with Crippen molar-refractivity contribution in [3.8, 4) is 39.1 Å². The Bertz CT molecular complexity index is 3900. The number of rotatable bonds is 7. The van der Waals surface area contributed by atoms with Gasteiger partial charge in [0.25, 0.3) is 0 Å². The Labute approximate surface area is 376 Å². The molecular formula is C62H40N2O. The molecule has 0 atom stereocenters. The van der Waals surface area contributed by atoms with Crippen LogP contribution in [-0.4, -0.2) is 4.57 Å². The van der Waals surface area contributed by atoms with Crippen LogP contribution in [0.3, 0.4) is 0 Å². The van der Waals surface area contributed by atoms with E-state index in [1.807, 2.05) is 12.1 Å². The second-order valence-electron chi connectivity index (χ2n) is 16.8. The van der Waals surface area contributed by atoms with Crippen LogP contribution in [0.15, 0.2) is 247 Å². The van der Waals surface area contributed by atoms with Crippen molar-refractivity contribution >= 4 is 82.4 Å². The van der Waals surface area contributed by atoms with Crippen molar-refractivity contribution in [2.75, 3.05) is 4.90 Å². The standard InChI is InChI=1S/C62H40N2O/c1-2-15-48-41(14-1)28-33-45-36-39-47(40-56(45)48)63(46-37-34-44(35-38-46)51-21-13-22-55-54-20-7-12-27-61(54)65-62(51)55)57-23-8-3-16-49(57)42-29-31-43(32-30-42)50-17-4-9-24-58(50)64-59-25-10-5-18-52(59)53-19-6-11-26-60(53)64/h1-40H. The summed E-state index contributed by atoms with van der Waals surface area (Å²) in [6.07, 6.45) is 0. The summed E-state index contributed by atoms with van der Waals surface area (Å²) in [5.74, 6) is 0. The van der Waals surface area contributed by atoms with Gasteiger partial charge in [-0.3, -0.25) is 0 Å². The third kappa shape index (κ3) is 6.05. The molecule has 2 heterocycles. The lowest BCUT2D eigenvalue weighted by molar-refractivity contribution is 0.670. The molecule has 0 aliphatic heterocycles. The summed E-state index contributed by atoms with van der Waals surface area (Å²) in [5, 5.41) is 9.68. The van der Waals surface area contributed by atoms with E-state index in [4.69, 9.17) is 4.42 Å². The highest BCUT2D eigenvalue weighted by molar-refractivity contribution is 6.12. The van der Waals surface area contributed by atoms with E-state index in [0.717, 1.165) is 72.5 Å². The lowest BCUT2D eigenvalue weighted by Crippen LogP contribution is -2.11. The van der Waals surface area contributed by atoms with Crippen LogP contribution in [-0.2, 0) is 0 Å². The molecule has 3 nitrogen and oxygen atoms in total. The van der Waals surface area contributed by atoms with E-state index >= 15 is 0 Å². The fourth-order valence-corrected chi connectivity index (χ4v) is 10.2. The summed E-state index contributed by atoms with van der Waals surface area (Å²) in [6.45, 7) is 0. The lowest BCUT2D eigenvalue weighted by atomic mass is 9.96. The molecule has 0 saturated carbocycles. The van der Waals surface area contributed by atoms with Crippen LogP contribution in [0.25, 0.3) is 104 Å². The molecule has 65 heavy (non-hydrogen) atoms. The highest BCUT2D eigenvalue weighted by atomic mass is 16.3. The van der Waals surface area contributed by atoms with Crippen molar-refractivity contribution in [3.63, 3.8) is 0 Å². The molecule has 0 bridgehead atoms. The van der Waals surface area contributed by atoms with Crippen molar-refractivity contribution in [2.45, 2.75) is 0 Å². The topological polar surface area (TPSA) is 21.3 Å². The minimum Gasteiger partial charge on any atom is -0.455 e.